The Bertz CT molecular complexity index is 255. The molecular weight excluding hydrogens is 214 g/mol. The first kappa shape index (κ1) is 14.5. The SMILES string of the molecule is CCN1CCN(C(=O)[C@H](N)CC(C)C)CC1C. The lowest BCUT2D eigenvalue weighted by molar-refractivity contribution is -0.135. The molecule has 1 saturated heterocycles. The summed E-state index contributed by atoms with van der Waals surface area (Å²) in [6.45, 7) is 12.2. The first-order valence-corrected chi connectivity index (χ1v) is 6.74. The Morgan fingerprint density at radius 2 is 2.06 bits per heavy atom. The van der Waals surface area contributed by atoms with Gasteiger partial charge < -0.3 is 10.6 Å². The largest absolute Gasteiger partial charge is 0.339 e. The van der Waals surface area contributed by atoms with Crippen molar-refractivity contribution in [2.24, 2.45) is 11.7 Å². The van der Waals surface area contributed by atoms with Gasteiger partial charge in [-0.05, 0) is 25.8 Å². The number of carbonyl (C=O) groups excluding carboxylic acids is 1. The first-order valence-electron chi connectivity index (χ1n) is 6.74. The van der Waals surface area contributed by atoms with Gasteiger partial charge in [-0.1, -0.05) is 20.8 Å². The highest BCUT2D eigenvalue weighted by atomic mass is 16.2. The van der Waals surface area contributed by atoms with E-state index in [2.05, 4.69) is 32.6 Å². The fourth-order valence-electron chi connectivity index (χ4n) is 2.51. The molecule has 1 fully saturated rings. The molecule has 4 nitrogen and oxygen atoms in total. The van der Waals surface area contributed by atoms with Crippen molar-refractivity contribution in [1.29, 1.82) is 0 Å². The Hall–Kier alpha value is -0.610. The Labute approximate surface area is 105 Å². The maximum atomic E-state index is 12.2. The third kappa shape index (κ3) is 3.96. The summed E-state index contributed by atoms with van der Waals surface area (Å²) in [5.74, 6) is 0.601. The predicted molar refractivity (Wildman–Crippen MR) is 70.7 cm³/mol. The number of carbonyl (C=O) groups is 1. The normalized spacial score (nSPS) is 24.1. The molecular formula is C13H27N3O. The van der Waals surface area contributed by atoms with Crippen molar-refractivity contribution in [1.82, 2.24) is 9.80 Å². The summed E-state index contributed by atoms with van der Waals surface area (Å²) in [6, 6.07) is 0.124. The zero-order valence-corrected chi connectivity index (χ0v) is 11.6. The van der Waals surface area contributed by atoms with Crippen molar-refractivity contribution in [3.8, 4) is 0 Å². The van der Waals surface area contributed by atoms with E-state index in [0.29, 0.717) is 12.0 Å². The van der Waals surface area contributed by atoms with Gasteiger partial charge in [0.2, 0.25) is 5.91 Å². The maximum absolute atomic E-state index is 12.2. The molecule has 1 heterocycles. The van der Waals surface area contributed by atoms with Crippen LogP contribution < -0.4 is 5.73 Å². The second kappa shape index (κ2) is 6.36. The summed E-state index contributed by atoms with van der Waals surface area (Å²) in [7, 11) is 0. The van der Waals surface area contributed by atoms with Gasteiger partial charge in [0, 0.05) is 25.7 Å². The third-order valence-electron chi connectivity index (χ3n) is 3.53. The Morgan fingerprint density at radius 3 is 2.53 bits per heavy atom. The van der Waals surface area contributed by atoms with Crippen LogP contribution in [0.2, 0.25) is 0 Å². The summed E-state index contributed by atoms with van der Waals surface area (Å²) < 4.78 is 0. The topological polar surface area (TPSA) is 49.6 Å². The van der Waals surface area contributed by atoms with E-state index in [1.54, 1.807) is 0 Å². The summed E-state index contributed by atoms with van der Waals surface area (Å²) in [4.78, 5) is 16.5. The van der Waals surface area contributed by atoms with Crippen LogP contribution in [-0.2, 0) is 4.79 Å². The predicted octanol–water partition coefficient (Wildman–Crippen LogP) is 0.912. The van der Waals surface area contributed by atoms with E-state index in [-0.39, 0.29) is 11.9 Å². The fourth-order valence-corrected chi connectivity index (χ4v) is 2.51. The average molecular weight is 241 g/mol. The molecule has 1 aliphatic heterocycles. The van der Waals surface area contributed by atoms with Crippen molar-refractivity contribution in [3.05, 3.63) is 0 Å². The molecule has 2 atom stereocenters. The average Bonchev–Trinajstić information content (AvgIpc) is 2.27. The Morgan fingerprint density at radius 1 is 1.41 bits per heavy atom. The van der Waals surface area contributed by atoms with Crippen LogP contribution in [0.3, 0.4) is 0 Å². The highest BCUT2D eigenvalue weighted by molar-refractivity contribution is 5.81. The molecule has 100 valence electrons. The van der Waals surface area contributed by atoms with Crippen molar-refractivity contribution in [2.75, 3.05) is 26.2 Å². The lowest BCUT2D eigenvalue weighted by Crippen LogP contribution is -2.56. The van der Waals surface area contributed by atoms with Gasteiger partial charge in [-0.2, -0.15) is 0 Å². The van der Waals surface area contributed by atoms with E-state index in [1.165, 1.54) is 0 Å². The second-order valence-corrected chi connectivity index (χ2v) is 5.50. The molecule has 0 aromatic rings. The zero-order valence-electron chi connectivity index (χ0n) is 11.6. The van der Waals surface area contributed by atoms with Gasteiger partial charge in [0.05, 0.1) is 6.04 Å². The minimum Gasteiger partial charge on any atom is -0.339 e. The standard InChI is InChI=1S/C13H27N3O/c1-5-15-6-7-16(9-11(15)4)13(17)12(14)8-10(2)3/h10-12H,5-9,14H2,1-4H3/t11?,12-/m1/s1. The van der Waals surface area contributed by atoms with Crippen LogP contribution in [0.5, 0.6) is 0 Å². The molecule has 0 aromatic carbocycles. The molecule has 0 aromatic heterocycles. The smallest absolute Gasteiger partial charge is 0.239 e. The van der Waals surface area contributed by atoms with Crippen LogP contribution in [0.25, 0.3) is 0 Å². The molecule has 0 aliphatic carbocycles. The summed E-state index contributed by atoms with van der Waals surface area (Å²) in [5.41, 5.74) is 5.96. The first-order chi connectivity index (χ1) is 7.95. The number of amides is 1. The molecule has 1 unspecified atom stereocenters. The van der Waals surface area contributed by atoms with Crippen LogP contribution in [0.4, 0.5) is 0 Å². The lowest BCUT2D eigenvalue weighted by atomic mass is 10.0. The van der Waals surface area contributed by atoms with E-state index >= 15 is 0 Å². The van der Waals surface area contributed by atoms with Gasteiger partial charge in [0.25, 0.3) is 0 Å². The van der Waals surface area contributed by atoms with E-state index in [1.807, 2.05) is 4.90 Å². The molecule has 2 N–H and O–H groups in total. The fraction of sp³-hybridized carbons (Fsp3) is 0.923. The third-order valence-corrected chi connectivity index (χ3v) is 3.53. The number of hydrogen-bond donors (Lipinski definition) is 1. The molecule has 0 saturated carbocycles. The Kier molecular flexibility index (Phi) is 5.40. The Balaban J connectivity index is 2.49. The molecule has 1 aliphatic rings. The lowest BCUT2D eigenvalue weighted by Gasteiger charge is -2.40. The highest BCUT2D eigenvalue weighted by Gasteiger charge is 2.28. The number of nitrogens with zero attached hydrogens (tertiary/aromatic N) is 2. The summed E-state index contributed by atoms with van der Waals surface area (Å²) in [5, 5.41) is 0. The van der Waals surface area contributed by atoms with Crippen molar-refractivity contribution in [3.63, 3.8) is 0 Å². The van der Waals surface area contributed by atoms with E-state index < -0.39 is 0 Å². The van der Waals surface area contributed by atoms with Crippen LogP contribution in [0, 0.1) is 5.92 Å². The monoisotopic (exact) mass is 241 g/mol. The number of likely N-dealkylation sites (N-methyl/N-ethyl adjacent to an activating group) is 1. The molecule has 0 radical (unpaired) electrons. The highest BCUT2D eigenvalue weighted by Crippen LogP contribution is 2.12. The number of hydrogen-bond acceptors (Lipinski definition) is 3. The molecule has 1 amide bonds. The quantitative estimate of drug-likeness (QED) is 0.796. The zero-order chi connectivity index (χ0) is 13.0. The van der Waals surface area contributed by atoms with Gasteiger partial charge in [-0.3, -0.25) is 9.69 Å². The van der Waals surface area contributed by atoms with Crippen molar-refractivity contribution in [2.45, 2.75) is 46.2 Å². The second-order valence-electron chi connectivity index (χ2n) is 5.50. The van der Waals surface area contributed by atoms with E-state index in [4.69, 9.17) is 5.73 Å². The van der Waals surface area contributed by atoms with Gasteiger partial charge in [-0.25, -0.2) is 0 Å². The minimum atomic E-state index is -0.324. The molecule has 0 bridgehead atoms. The number of rotatable bonds is 4. The van der Waals surface area contributed by atoms with Crippen LogP contribution in [0.15, 0.2) is 0 Å². The maximum Gasteiger partial charge on any atom is 0.239 e. The number of piperazine rings is 1. The molecule has 4 heteroatoms. The van der Waals surface area contributed by atoms with Crippen LogP contribution >= 0.6 is 0 Å². The van der Waals surface area contributed by atoms with Gasteiger partial charge in [0.1, 0.15) is 0 Å². The van der Waals surface area contributed by atoms with Gasteiger partial charge >= 0.3 is 0 Å². The molecule has 17 heavy (non-hydrogen) atoms. The molecule has 0 spiro atoms. The summed E-state index contributed by atoms with van der Waals surface area (Å²) in [6.07, 6.45) is 0.779. The van der Waals surface area contributed by atoms with Gasteiger partial charge in [0.15, 0.2) is 0 Å². The van der Waals surface area contributed by atoms with Crippen molar-refractivity contribution >= 4 is 5.91 Å². The number of nitrogens with two attached hydrogens (primary N) is 1. The summed E-state index contributed by atoms with van der Waals surface area (Å²) >= 11 is 0. The van der Waals surface area contributed by atoms with Crippen LogP contribution in [-0.4, -0.2) is 54.0 Å². The van der Waals surface area contributed by atoms with Crippen LogP contribution in [0.1, 0.15) is 34.1 Å². The van der Waals surface area contributed by atoms with Crippen molar-refractivity contribution < 1.29 is 4.79 Å². The minimum absolute atomic E-state index is 0.126. The molecule has 1 rings (SSSR count). The van der Waals surface area contributed by atoms with E-state index in [0.717, 1.165) is 32.6 Å². The van der Waals surface area contributed by atoms with Gasteiger partial charge in [-0.15, -0.1) is 0 Å². The van der Waals surface area contributed by atoms with E-state index in [9.17, 15) is 4.79 Å².